The predicted octanol–water partition coefficient (Wildman–Crippen LogP) is 24.8. The minimum Gasteiger partial charge on any atom is -0.462 e. The fraction of sp³-hybridized carbons (Fsp3) is 0.932. The van der Waals surface area contributed by atoms with Gasteiger partial charge < -0.3 is 14.2 Å². The van der Waals surface area contributed by atoms with Crippen molar-refractivity contribution in [2.75, 3.05) is 13.2 Å². The second-order valence-corrected chi connectivity index (χ2v) is 24.9. The highest BCUT2D eigenvalue weighted by molar-refractivity contribution is 5.71. The van der Waals surface area contributed by atoms with E-state index in [4.69, 9.17) is 14.2 Å². The topological polar surface area (TPSA) is 78.9 Å². The first-order chi connectivity index (χ1) is 39.0. The van der Waals surface area contributed by atoms with E-state index >= 15 is 0 Å². The van der Waals surface area contributed by atoms with E-state index in [1.807, 2.05) is 0 Å². The van der Waals surface area contributed by atoms with Crippen LogP contribution in [0.25, 0.3) is 0 Å². The first kappa shape index (κ1) is 77.2. The van der Waals surface area contributed by atoms with Gasteiger partial charge in [-0.3, -0.25) is 14.4 Å². The molecule has 0 saturated heterocycles. The van der Waals surface area contributed by atoms with Crippen LogP contribution in [0.2, 0.25) is 0 Å². The van der Waals surface area contributed by atoms with E-state index in [9.17, 15) is 14.4 Å². The fourth-order valence-electron chi connectivity index (χ4n) is 11.3. The third-order valence-electron chi connectivity index (χ3n) is 16.8. The number of unbranched alkanes of at least 4 members (excludes halogenated alkanes) is 55. The summed E-state index contributed by atoms with van der Waals surface area (Å²) in [6.45, 7) is 6.73. The largest absolute Gasteiger partial charge is 0.462 e. The molecule has 0 aromatic carbocycles. The molecule has 0 rings (SSSR count). The van der Waals surface area contributed by atoms with E-state index in [0.717, 1.165) is 57.8 Å². The number of hydrogen-bond donors (Lipinski definition) is 0. The van der Waals surface area contributed by atoms with Crippen LogP contribution < -0.4 is 0 Å². The molecular weight excluding hydrogens is 973 g/mol. The average molecular weight is 1110 g/mol. The zero-order valence-corrected chi connectivity index (χ0v) is 53.9. The molecular formula is C73H140O6. The van der Waals surface area contributed by atoms with Gasteiger partial charge in [0.2, 0.25) is 0 Å². The van der Waals surface area contributed by atoms with Gasteiger partial charge in [-0.1, -0.05) is 367 Å². The van der Waals surface area contributed by atoms with Crippen molar-refractivity contribution in [3.05, 3.63) is 12.2 Å². The number of rotatable bonds is 68. The number of esters is 3. The second kappa shape index (κ2) is 68.6. The molecule has 0 fully saturated rings. The van der Waals surface area contributed by atoms with Crippen LogP contribution in [0.4, 0.5) is 0 Å². The Hall–Kier alpha value is -1.85. The Labute approximate surface area is 494 Å². The van der Waals surface area contributed by atoms with E-state index in [1.165, 1.54) is 321 Å². The van der Waals surface area contributed by atoms with Crippen molar-refractivity contribution in [3.63, 3.8) is 0 Å². The van der Waals surface area contributed by atoms with Gasteiger partial charge >= 0.3 is 17.9 Å². The molecule has 0 aliphatic heterocycles. The number of allylic oxidation sites excluding steroid dienone is 2. The van der Waals surface area contributed by atoms with Crippen molar-refractivity contribution in [1.29, 1.82) is 0 Å². The van der Waals surface area contributed by atoms with Crippen molar-refractivity contribution in [2.24, 2.45) is 0 Å². The van der Waals surface area contributed by atoms with Gasteiger partial charge in [-0.15, -0.1) is 0 Å². The van der Waals surface area contributed by atoms with Crippen molar-refractivity contribution in [3.8, 4) is 0 Å². The average Bonchev–Trinajstić information content (AvgIpc) is 3.45. The lowest BCUT2D eigenvalue weighted by molar-refractivity contribution is -0.167. The molecule has 0 aliphatic carbocycles. The van der Waals surface area contributed by atoms with Crippen LogP contribution in [0.1, 0.15) is 419 Å². The Morgan fingerprint density at radius 2 is 0.418 bits per heavy atom. The summed E-state index contributed by atoms with van der Waals surface area (Å²) in [4.78, 5) is 38.4. The van der Waals surface area contributed by atoms with Gasteiger partial charge in [0, 0.05) is 19.3 Å². The van der Waals surface area contributed by atoms with Gasteiger partial charge in [0.15, 0.2) is 6.10 Å². The standard InChI is InChI=1S/C73H140O6/c1-4-7-10-13-16-19-22-25-27-29-31-33-35-36-37-38-39-41-42-44-46-48-51-54-57-60-63-66-72(75)78-69-70(68-77-71(74)65-62-59-56-53-50-24-21-18-15-12-9-6-3)79-73(76)67-64-61-58-55-52-49-47-45-43-40-34-32-30-28-26-23-20-17-14-11-8-5-2/h29,31,70H,4-28,30,32-69H2,1-3H3/b31-29-. The van der Waals surface area contributed by atoms with Crippen LogP contribution in [-0.4, -0.2) is 37.2 Å². The van der Waals surface area contributed by atoms with Crippen molar-refractivity contribution in [2.45, 2.75) is 425 Å². The summed E-state index contributed by atoms with van der Waals surface area (Å²) >= 11 is 0. The molecule has 0 saturated carbocycles. The summed E-state index contributed by atoms with van der Waals surface area (Å²) in [6.07, 6.45) is 82.5. The lowest BCUT2D eigenvalue weighted by Crippen LogP contribution is -2.30. The maximum absolute atomic E-state index is 12.9. The molecule has 1 atom stereocenters. The highest BCUT2D eigenvalue weighted by Gasteiger charge is 2.20. The lowest BCUT2D eigenvalue weighted by atomic mass is 10.0. The molecule has 0 radical (unpaired) electrons. The Balaban J connectivity index is 4.16. The van der Waals surface area contributed by atoms with E-state index in [2.05, 4.69) is 32.9 Å². The number of carbonyl (C=O) groups excluding carboxylic acids is 3. The molecule has 0 aromatic heterocycles. The molecule has 0 heterocycles. The highest BCUT2D eigenvalue weighted by Crippen LogP contribution is 2.19. The number of carbonyl (C=O) groups is 3. The third-order valence-corrected chi connectivity index (χ3v) is 16.8. The number of hydrogen-bond acceptors (Lipinski definition) is 6. The molecule has 79 heavy (non-hydrogen) atoms. The Bertz CT molecular complexity index is 1230. The predicted molar refractivity (Wildman–Crippen MR) is 344 cm³/mol. The van der Waals surface area contributed by atoms with Crippen LogP contribution in [0.3, 0.4) is 0 Å². The molecule has 0 bridgehead atoms. The Morgan fingerprint density at radius 3 is 0.633 bits per heavy atom. The van der Waals surface area contributed by atoms with Gasteiger partial charge in [-0.2, -0.15) is 0 Å². The van der Waals surface area contributed by atoms with E-state index < -0.39 is 6.10 Å². The summed E-state index contributed by atoms with van der Waals surface area (Å²) < 4.78 is 17.0. The smallest absolute Gasteiger partial charge is 0.306 e. The number of ether oxygens (including phenoxy) is 3. The van der Waals surface area contributed by atoms with Crippen LogP contribution in [0.15, 0.2) is 12.2 Å². The molecule has 0 aromatic rings. The summed E-state index contributed by atoms with van der Waals surface area (Å²) in [5.41, 5.74) is 0. The molecule has 6 heteroatoms. The maximum atomic E-state index is 12.9. The monoisotopic (exact) mass is 1110 g/mol. The second-order valence-electron chi connectivity index (χ2n) is 24.9. The third kappa shape index (κ3) is 66.8. The van der Waals surface area contributed by atoms with Gasteiger partial charge in [0.05, 0.1) is 0 Å². The van der Waals surface area contributed by atoms with Gasteiger partial charge in [-0.05, 0) is 44.9 Å². The molecule has 468 valence electrons. The molecule has 0 aliphatic rings. The fourth-order valence-corrected chi connectivity index (χ4v) is 11.3. The van der Waals surface area contributed by atoms with Crippen LogP contribution in [-0.2, 0) is 28.6 Å². The van der Waals surface area contributed by atoms with Crippen LogP contribution >= 0.6 is 0 Å². The summed E-state index contributed by atoms with van der Waals surface area (Å²) in [5, 5.41) is 0. The van der Waals surface area contributed by atoms with Gasteiger partial charge in [-0.25, -0.2) is 0 Å². The van der Waals surface area contributed by atoms with Crippen molar-refractivity contribution >= 4 is 17.9 Å². The van der Waals surface area contributed by atoms with E-state index in [0.29, 0.717) is 19.3 Å². The minimum atomic E-state index is -0.765. The summed E-state index contributed by atoms with van der Waals surface area (Å²) in [6, 6.07) is 0. The summed E-state index contributed by atoms with van der Waals surface area (Å²) in [5.74, 6) is -0.826. The SMILES string of the molecule is CCCCCCCCCC/C=C\CCCCCCCCCCCCCCCCCC(=O)OCC(COC(=O)CCCCCCCCCCCCCC)OC(=O)CCCCCCCCCCCCCCCCCCCCCCCC. The van der Waals surface area contributed by atoms with Crippen LogP contribution in [0, 0.1) is 0 Å². The quantitative estimate of drug-likeness (QED) is 0.0261. The molecule has 6 nitrogen and oxygen atoms in total. The van der Waals surface area contributed by atoms with Gasteiger partial charge in [0.25, 0.3) is 0 Å². The van der Waals surface area contributed by atoms with E-state index in [1.54, 1.807) is 0 Å². The van der Waals surface area contributed by atoms with Crippen molar-refractivity contribution < 1.29 is 28.6 Å². The van der Waals surface area contributed by atoms with Gasteiger partial charge in [0.1, 0.15) is 13.2 Å². The zero-order chi connectivity index (χ0) is 57.1. The van der Waals surface area contributed by atoms with E-state index in [-0.39, 0.29) is 31.1 Å². The maximum Gasteiger partial charge on any atom is 0.306 e. The normalized spacial score (nSPS) is 12.0. The lowest BCUT2D eigenvalue weighted by Gasteiger charge is -2.18. The first-order valence-corrected chi connectivity index (χ1v) is 36.2. The van der Waals surface area contributed by atoms with Crippen molar-refractivity contribution in [1.82, 2.24) is 0 Å². The highest BCUT2D eigenvalue weighted by atomic mass is 16.6. The Kier molecular flexibility index (Phi) is 67.0. The molecule has 1 unspecified atom stereocenters. The zero-order valence-electron chi connectivity index (χ0n) is 53.9. The Morgan fingerprint density at radius 1 is 0.241 bits per heavy atom. The molecule has 0 N–H and O–H groups in total. The minimum absolute atomic E-state index is 0.0623. The molecule has 0 amide bonds. The van der Waals surface area contributed by atoms with Crippen LogP contribution in [0.5, 0.6) is 0 Å². The summed E-state index contributed by atoms with van der Waals surface area (Å²) in [7, 11) is 0. The molecule has 0 spiro atoms. The first-order valence-electron chi connectivity index (χ1n) is 36.2.